The van der Waals surface area contributed by atoms with E-state index < -0.39 is 0 Å². The Morgan fingerprint density at radius 3 is 1.81 bits per heavy atom. The standard InChI is InChI=1S/C49H69N7O3/c1-5-6-9-12-43-33-46(37(3)53-48(43)50)31-42-19-18-41(30-47(42)59-38(4)57)35-55-23-21-54(22-24-55)20-11-8-7-10-13-44-32-45(36(2)52-49(44)51)29-39-14-16-40(17-15-39)34-56-25-27-58-28-26-56/h14-19,30,32-33H,5-13,20-29,31,34-35H2,1-4H3,(H2,50,53)(H2,51,52). The SMILES string of the molecule is CCCCCc1cc(Cc2ccc(CN3CCN(CCCCCCc4cc(Cc5ccc(CN6CCOCC6)cc5)c(C)nc4N)CC3)cc2OC(C)=O)c(C)nc1N. The number of hydrogen-bond acceptors (Lipinski definition) is 10. The number of nitrogens with zero attached hydrogens (tertiary/aromatic N) is 5. The quantitative estimate of drug-likeness (QED) is 0.0519. The lowest BCUT2D eigenvalue weighted by Gasteiger charge is -2.34. The maximum atomic E-state index is 12.1. The first-order chi connectivity index (χ1) is 28.6. The number of carbonyl (C=O) groups is 1. The molecule has 10 heteroatoms. The third-order valence-corrected chi connectivity index (χ3v) is 12.1. The molecule has 4 heterocycles. The van der Waals surface area contributed by atoms with Crippen LogP contribution in [0.5, 0.6) is 5.75 Å². The molecule has 0 atom stereocenters. The van der Waals surface area contributed by atoms with Gasteiger partial charge in [0.15, 0.2) is 0 Å². The highest BCUT2D eigenvalue weighted by atomic mass is 16.5. The summed E-state index contributed by atoms with van der Waals surface area (Å²) < 4.78 is 11.3. The number of unbranched alkanes of at least 4 members (excludes halogenated alkanes) is 5. The van der Waals surface area contributed by atoms with Crippen LogP contribution in [0.3, 0.4) is 0 Å². The molecule has 4 N–H and O–H groups in total. The fourth-order valence-electron chi connectivity index (χ4n) is 8.48. The number of benzene rings is 2. The Labute approximate surface area is 353 Å². The molecule has 4 aromatic rings. The fourth-order valence-corrected chi connectivity index (χ4v) is 8.48. The predicted octanol–water partition coefficient (Wildman–Crippen LogP) is 7.85. The van der Waals surface area contributed by atoms with E-state index in [0.717, 1.165) is 138 Å². The van der Waals surface area contributed by atoms with Gasteiger partial charge in [0.1, 0.15) is 17.4 Å². The van der Waals surface area contributed by atoms with E-state index in [1.165, 1.54) is 61.3 Å². The summed E-state index contributed by atoms with van der Waals surface area (Å²) >= 11 is 0. The van der Waals surface area contributed by atoms with Crippen LogP contribution in [-0.2, 0) is 48.3 Å². The van der Waals surface area contributed by atoms with Gasteiger partial charge in [-0.1, -0.05) is 81.1 Å². The van der Waals surface area contributed by atoms with Crippen LogP contribution in [0.15, 0.2) is 54.6 Å². The monoisotopic (exact) mass is 804 g/mol. The first-order valence-electron chi connectivity index (χ1n) is 22.3. The number of aryl methyl sites for hydroxylation is 4. The van der Waals surface area contributed by atoms with Crippen LogP contribution in [-0.4, -0.2) is 89.7 Å². The number of ether oxygens (including phenoxy) is 2. The Morgan fingerprint density at radius 1 is 0.627 bits per heavy atom. The molecule has 2 aromatic heterocycles. The van der Waals surface area contributed by atoms with Gasteiger partial charge in [0.25, 0.3) is 0 Å². The largest absolute Gasteiger partial charge is 0.426 e. The van der Waals surface area contributed by atoms with Crippen LogP contribution >= 0.6 is 0 Å². The van der Waals surface area contributed by atoms with E-state index in [4.69, 9.17) is 25.9 Å². The van der Waals surface area contributed by atoms with E-state index in [2.05, 4.69) is 88.1 Å². The smallest absolute Gasteiger partial charge is 0.308 e. The van der Waals surface area contributed by atoms with Gasteiger partial charge in [0.2, 0.25) is 0 Å². The van der Waals surface area contributed by atoms with Gasteiger partial charge in [-0.05, 0) is 109 Å². The van der Waals surface area contributed by atoms with Gasteiger partial charge < -0.3 is 25.8 Å². The number of pyridine rings is 2. The molecular weight excluding hydrogens is 735 g/mol. The van der Waals surface area contributed by atoms with Crippen LogP contribution in [0.4, 0.5) is 11.6 Å². The maximum Gasteiger partial charge on any atom is 0.308 e. The maximum absolute atomic E-state index is 12.1. The molecule has 318 valence electrons. The molecule has 0 saturated carbocycles. The Hall–Kier alpha value is -4.35. The van der Waals surface area contributed by atoms with Crippen molar-refractivity contribution in [1.29, 1.82) is 0 Å². The van der Waals surface area contributed by atoms with Gasteiger partial charge in [-0.3, -0.25) is 14.6 Å². The molecule has 10 nitrogen and oxygen atoms in total. The third-order valence-electron chi connectivity index (χ3n) is 12.1. The van der Waals surface area contributed by atoms with Gasteiger partial charge >= 0.3 is 5.97 Å². The molecule has 0 spiro atoms. The highest BCUT2D eigenvalue weighted by molar-refractivity contribution is 5.70. The van der Waals surface area contributed by atoms with Crippen molar-refractivity contribution in [3.8, 4) is 5.75 Å². The molecule has 2 fully saturated rings. The second-order valence-corrected chi connectivity index (χ2v) is 16.9. The summed E-state index contributed by atoms with van der Waals surface area (Å²) in [7, 11) is 0. The first-order valence-corrected chi connectivity index (χ1v) is 22.3. The summed E-state index contributed by atoms with van der Waals surface area (Å²) in [5, 5.41) is 0. The molecule has 2 aromatic carbocycles. The highest BCUT2D eigenvalue weighted by Gasteiger charge is 2.19. The molecule has 2 aliphatic rings. The molecule has 0 unspecified atom stereocenters. The lowest BCUT2D eigenvalue weighted by Crippen LogP contribution is -2.46. The van der Waals surface area contributed by atoms with Crippen LogP contribution < -0.4 is 16.2 Å². The van der Waals surface area contributed by atoms with E-state index in [-0.39, 0.29) is 5.97 Å². The van der Waals surface area contributed by atoms with Gasteiger partial charge in [0, 0.05) is 77.1 Å². The topological polar surface area (TPSA) is 123 Å². The van der Waals surface area contributed by atoms with Gasteiger partial charge in [0.05, 0.1) is 13.2 Å². The number of piperazine rings is 1. The lowest BCUT2D eigenvalue weighted by molar-refractivity contribution is -0.131. The first kappa shape index (κ1) is 44.2. The summed E-state index contributed by atoms with van der Waals surface area (Å²) in [6.07, 6.45) is 11.6. The van der Waals surface area contributed by atoms with Gasteiger partial charge in [-0.2, -0.15) is 0 Å². The summed E-state index contributed by atoms with van der Waals surface area (Å²) in [4.78, 5) is 29.1. The average Bonchev–Trinajstić information content (AvgIpc) is 3.22. The molecule has 0 bridgehead atoms. The number of aromatic nitrogens is 2. The summed E-state index contributed by atoms with van der Waals surface area (Å²) in [5.74, 6) is 1.64. The van der Waals surface area contributed by atoms with Crippen LogP contribution in [0.25, 0.3) is 0 Å². The van der Waals surface area contributed by atoms with Gasteiger partial charge in [-0.15, -0.1) is 0 Å². The number of rotatable bonds is 20. The Kier molecular flexibility index (Phi) is 16.7. The molecule has 0 amide bonds. The number of carbonyl (C=O) groups excluding carboxylic acids is 1. The molecule has 0 radical (unpaired) electrons. The molecule has 59 heavy (non-hydrogen) atoms. The summed E-state index contributed by atoms with van der Waals surface area (Å²) in [6.45, 7) is 18.6. The molecular formula is C49H69N7O3. The number of anilines is 2. The molecule has 6 rings (SSSR count). The molecule has 0 aliphatic carbocycles. The van der Waals surface area contributed by atoms with E-state index in [1.807, 2.05) is 6.92 Å². The van der Waals surface area contributed by atoms with Crippen molar-refractivity contribution in [2.75, 3.05) is 70.5 Å². The normalized spacial score (nSPS) is 15.5. The minimum atomic E-state index is -0.303. The molecule has 2 aliphatic heterocycles. The predicted molar refractivity (Wildman–Crippen MR) is 240 cm³/mol. The zero-order valence-electron chi connectivity index (χ0n) is 36.4. The Balaban J connectivity index is 0.911. The van der Waals surface area contributed by atoms with Crippen molar-refractivity contribution in [1.82, 2.24) is 24.7 Å². The number of nitrogen functional groups attached to an aromatic ring is 2. The van der Waals surface area contributed by atoms with Crippen molar-refractivity contribution >= 4 is 17.6 Å². The van der Waals surface area contributed by atoms with Crippen molar-refractivity contribution in [2.24, 2.45) is 0 Å². The molecule has 2 saturated heterocycles. The van der Waals surface area contributed by atoms with Crippen LogP contribution in [0, 0.1) is 13.8 Å². The minimum Gasteiger partial charge on any atom is -0.426 e. The highest BCUT2D eigenvalue weighted by Crippen LogP contribution is 2.28. The lowest BCUT2D eigenvalue weighted by atomic mass is 9.98. The van der Waals surface area contributed by atoms with Gasteiger partial charge in [-0.25, -0.2) is 9.97 Å². The zero-order chi connectivity index (χ0) is 41.6. The zero-order valence-corrected chi connectivity index (χ0v) is 36.4. The van der Waals surface area contributed by atoms with Crippen molar-refractivity contribution in [3.63, 3.8) is 0 Å². The van der Waals surface area contributed by atoms with Crippen molar-refractivity contribution in [2.45, 2.75) is 111 Å². The second kappa shape index (κ2) is 22.3. The fraction of sp³-hybridized carbons (Fsp3) is 0.531. The van der Waals surface area contributed by atoms with E-state index in [9.17, 15) is 4.79 Å². The van der Waals surface area contributed by atoms with E-state index in [1.54, 1.807) is 0 Å². The second-order valence-electron chi connectivity index (χ2n) is 16.9. The number of morpholine rings is 1. The third kappa shape index (κ3) is 13.6. The Morgan fingerprint density at radius 2 is 1.17 bits per heavy atom. The van der Waals surface area contributed by atoms with Crippen molar-refractivity contribution in [3.05, 3.63) is 110 Å². The summed E-state index contributed by atoms with van der Waals surface area (Å²) in [5.41, 5.74) is 24.2. The number of nitrogens with two attached hydrogens (primary N) is 2. The number of hydrogen-bond donors (Lipinski definition) is 2. The van der Waals surface area contributed by atoms with Crippen molar-refractivity contribution < 1.29 is 14.3 Å². The van der Waals surface area contributed by atoms with Crippen LogP contribution in [0.2, 0.25) is 0 Å². The average molecular weight is 804 g/mol. The number of esters is 1. The van der Waals surface area contributed by atoms with E-state index >= 15 is 0 Å². The Bertz CT molecular complexity index is 1950. The van der Waals surface area contributed by atoms with Crippen LogP contribution in [0.1, 0.15) is 115 Å². The van der Waals surface area contributed by atoms with E-state index in [0.29, 0.717) is 23.8 Å². The minimum absolute atomic E-state index is 0.303. The summed E-state index contributed by atoms with van der Waals surface area (Å²) in [6, 6.07) is 19.9.